The van der Waals surface area contributed by atoms with E-state index in [1.54, 1.807) is 14.2 Å². The van der Waals surface area contributed by atoms with E-state index in [0.29, 0.717) is 13.2 Å². The minimum Gasteiger partial charge on any atom is -0.493 e. The monoisotopic (exact) mass is 249 g/mol. The molecule has 18 heavy (non-hydrogen) atoms. The fourth-order valence-corrected chi connectivity index (χ4v) is 1.96. The first-order valence-corrected chi connectivity index (χ1v) is 6.17. The molecule has 1 aromatic carbocycles. The first-order chi connectivity index (χ1) is 8.85. The van der Waals surface area contributed by atoms with Crippen LogP contribution in [0.1, 0.15) is 17.5 Å². The number of ether oxygens (including phenoxy) is 3. The lowest BCUT2D eigenvalue weighted by atomic mass is 10.0. The van der Waals surface area contributed by atoms with E-state index in [1.165, 1.54) is 5.56 Å². The van der Waals surface area contributed by atoms with Gasteiger partial charge in [-0.15, -0.1) is 0 Å². The number of benzene rings is 1. The van der Waals surface area contributed by atoms with Crippen molar-refractivity contribution in [1.82, 2.24) is 0 Å². The van der Waals surface area contributed by atoms with E-state index in [1.807, 2.05) is 12.3 Å². The minimum absolute atomic E-state index is 0.636. The van der Waals surface area contributed by atoms with Crippen LogP contribution in [0.25, 0.3) is 0 Å². The highest BCUT2D eigenvalue weighted by Crippen LogP contribution is 2.31. The SMILES string of the molecule is COCCCOc1cc2c(cc1OC)C=NCC2. The predicted molar refractivity (Wildman–Crippen MR) is 71.1 cm³/mol. The molecule has 0 N–H and O–H groups in total. The Hall–Kier alpha value is -1.55. The van der Waals surface area contributed by atoms with Crippen LogP contribution in [0.15, 0.2) is 17.1 Å². The number of rotatable bonds is 6. The molecule has 0 aliphatic carbocycles. The highest BCUT2D eigenvalue weighted by molar-refractivity contribution is 5.84. The molecule has 0 amide bonds. The summed E-state index contributed by atoms with van der Waals surface area (Å²) < 4.78 is 16.1. The molecule has 1 aliphatic rings. The average molecular weight is 249 g/mol. The summed E-state index contributed by atoms with van der Waals surface area (Å²) in [6.45, 7) is 2.19. The van der Waals surface area contributed by atoms with Gasteiger partial charge in [-0.05, 0) is 29.7 Å². The van der Waals surface area contributed by atoms with Crippen molar-refractivity contribution in [3.05, 3.63) is 23.3 Å². The number of hydrogen-bond donors (Lipinski definition) is 0. The highest BCUT2D eigenvalue weighted by Gasteiger charge is 2.12. The molecule has 0 spiro atoms. The minimum atomic E-state index is 0.636. The Morgan fingerprint density at radius 2 is 2.06 bits per heavy atom. The van der Waals surface area contributed by atoms with E-state index in [2.05, 4.69) is 11.1 Å². The molecule has 0 unspecified atom stereocenters. The largest absolute Gasteiger partial charge is 0.493 e. The van der Waals surface area contributed by atoms with Gasteiger partial charge in [0.2, 0.25) is 0 Å². The molecule has 4 heteroatoms. The quantitative estimate of drug-likeness (QED) is 0.725. The third kappa shape index (κ3) is 3.01. The van der Waals surface area contributed by atoms with Crippen LogP contribution in [0.3, 0.4) is 0 Å². The summed E-state index contributed by atoms with van der Waals surface area (Å²) in [5.41, 5.74) is 2.40. The second-order valence-electron chi connectivity index (χ2n) is 4.18. The van der Waals surface area contributed by atoms with Crippen molar-refractivity contribution >= 4 is 6.21 Å². The number of fused-ring (bicyclic) bond motifs is 1. The maximum absolute atomic E-state index is 5.75. The molecule has 1 aromatic rings. The molecule has 0 aromatic heterocycles. The Morgan fingerprint density at radius 3 is 2.83 bits per heavy atom. The number of aliphatic imine (C=N–C) groups is 1. The van der Waals surface area contributed by atoms with Crippen LogP contribution in [0, 0.1) is 0 Å². The second-order valence-corrected chi connectivity index (χ2v) is 4.18. The average Bonchev–Trinajstić information content (AvgIpc) is 2.42. The molecule has 0 saturated heterocycles. The normalized spacial score (nSPS) is 13.2. The molecule has 0 radical (unpaired) electrons. The zero-order valence-corrected chi connectivity index (χ0v) is 10.9. The molecular weight excluding hydrogens is 230 g/mol. The van der Waals surface area contributed by atoms with Gasteiger partial charge in [-0.3, -0.25) is 4.99 Å². The van der Waals surface area contributed by atoms with Crippen LogP contribution < -0.4 is 9.47 Å². The van der Waals surface area contributed by atoms with Crippen molar-refractivity contribution in [3.8, 4) is 11.5 Å². The molecule has 1 aliphatic heterocycles. The summed E-state index contributed by atoms with van der Waals surface area (Å²) in [7, 11) is 3.35. The molecule has 0 bridgehead atoms. The van der Waals surface area contributed by atoms with E-state index >= 15 is 0 Å². The van der Waals surface area contributed by atoms with Crippen molar-refractivity contribution in [3.63, 3.8) is 0 Å². The fraction of sp³-hybridized carbons (Fsp3) is 0.500. The van der Waals surface area contributed by atoms with Crippen molar-refractivity contribution in [2.75, 3.05) is 34.0 Å². The Kier molecular flexibility index (Phi) is 4.59. The van der Waals surface area contributed by atoms with Gasteiger partial charge in [0.25, 0.3) is 0 Å². The number of methoxy groups -OCH3 is 2. The van der Waals surface area contributed by atoms with Gasteiger partial charge in [0.05, 0.1) is 13.7 Å². The molecule has 1 heterocycles. The van der Waals surface area contributed by atoms with Crippen molar-refractivity contribution in [2.24, 2.45) is 4.99 Å². The number of nitrogens with zero attached hydrogens (tertiary/aromatic N) is 1. The maximum Gasteiger partial charge on any atom is 0.161 e. The summed E-state index contributed by atoms with van der Waals surface area (Å²) in [6, 6.07) is 4.05. The fourth-order valence-electron chi connectivity index (χ4n) is 1.96. The van der Waals surface area contributed by atoms with Gasteiger partial charge in [0.1, 0.15) is 0 Å². The zero-order valence-electron chi connectivity index (χ0n) is 10.9. The van der Waals surface area contributed by atoms with Gasteiger partial charge in [-0.1, -0.05) is 0 Å². The van der Waals surface area contributed by atoms with Crippen LogP contribution in [-0.2, 0) is 11.2 Å². The van der Waals surface area contributed by atoms with E-state index in [0.717, 1.165) is 36.4 Å². The van der Waals surface area contributed by atoms with Crippen LogP contribution in [0.2, 0.25) is 0 Å². The third-order valence-corrected chi connectivity index (χ3v) is 2.92. The van der Waals surface area contributed by atoms with Gasteiger partial charge in [0, 0.05) is 32.9 Å². The van der Waals surface area contributed by atoms with E-state index in [9.17, 15) is 0 Å². The summed E-state index contributed by atoms with van der Waals surface area (Å²) in [5, 5.41) is 0. The van der Waals surface area contributed by atoms with E-state index in [-0.39, 0.29) is 0 Å². The Morgan fingerprint density at radius 1 is 1.17 bits per heavy atom. The lowest BCUT2D eigenvalue weighted by molar-refractivity contribution is 0.170. The maximum atomic E-state index is 5.75. The van der Waals surface area contributed by atoms with Crippen molar-refractivity contribution in [2.45, 2.75) is 12.8 Å². The van der Waals surface area contributed by atoms with Gasteiger partial charge >= 0.3 is 0 Å². The van der Waals surface area contributed by atoms with Crippen LogP contribution in [-0.4, -0.2) is 40.2 Å². The highest BCUT2D eigenvalue weighted by atomic mass is 16.5. The van der Waals surface area contributed by atoms with Crippen LogP contribution in [0.5, 0.6) is 11.5 Å². The van der Waals surface area contributed by atoms with Crippen molar-refractivity contribution in [1.29, 1.82) is 0 Å². The zero-order chi connectivity index (χ0) is 12.8. The molecule has 0 atom stereocenters. The topological polar surface area (TPSA) is 40.0 Å². The van der Waals surface area contributed by atoms with Crippen LogP contribution >= 0.6 is 0 Å². The van der Waals surface area contributed by atoms with Gasteiger partial charge < -0.3 is 14.2 Å². The smallest absolute Gasteiger partial charge is 0.161 e. The van der Waals surface area contributed by atoms with Crippen LogP contribution in [0.4, 0.5) is 0 Å². The molecular formula is C14H19NO3. The summed E-state index contributed by atoms with van der Waals surface area (Å²) in [4.78, 5) is 4.27. The van der Waals surface area contributed by atoms with E-state index < -0.39 is 0 Å². The molecule has 2 rings (SSSR count). The summed E-state index contributed by atoms with van der Waals surface area (Å²) >= 11 is 0. The number of hydrogen-bond acceptors (Lipinski definition) is 4. The second kappa shape index (κ2) is 6.40. The predicted octanol–water partition coefficient (Wildman–Crippen LogP) is 2.09. The molecule has 98 valence electrons. The third-order valence-electron chi connectivity index (χ3n) is 2.92. The van der Waals surface area contributed by atoms with Gasteiger partial charge in [0.15, 0.2) is 11.5 Å². The Balaban J connectivity index is 2.10. The summed E-state index contributed by atoms with van der Waals surface area (Å²) in [5.74, 6) is 1.57. The van der Waals surface area contributed by atoms with Gasteiger partial charge in [-0.2, -0.15) is 0 Å². The Labute approximate surface area is 108 Å². The molecule has 4 nitrogen and oxygen atoms in total. The molecule has 0 saturated carbocycles. The first-order valence-electron chi connectivity index (χ1n) is 6.17. The Bertz CT molecular complexity index is 429. The van der Waals surface area contributed by atoms with E-state index in [4.69, 9.17) is 14.2 Å². The summed E-state index contributed by atoms with van der Waals surface area (Å²) in [6.07, 6.45) is 3.73. The lowest BCUT2D eigenvalue weighted by Crippen LogP contribution is -2.07. The van der Waals surface area contributed by atoms with Gasteiger partial charge in [-0.25, -0.2) is 0 Å². The lowest BCUT2D eigenvalue weighted by Gasteiger charge is -2.16. The first kappa shape index (κ1) is 12.9. The standard InChI is InChI=1S/C14H19NO3/c1-16-6-3-7-18-14-8-11-4-5-15-10-12(11)9-13(14)17-2/h8-10H,3-7H2,1-2H3. The van der Waals surface area contributed by atoms with Crippen molar-refractivity contribution < 1.29 is 14.2 Å². The molecule has 0 fully saturated rings.